The zero-order valence-electron chi connectivity index (χ0n) is 21.9. The van der Waals surface area contributed by atoms with Gasteiger partial charge < -0.3 is 38.3 Å². The van der Waals surface area contributed by atoms with Crippen molar-refractivity contribution < 1.29 is 87.7 Å². The highest BCUT2D eigenvalue weighted by Gasteiger charge is 2.52. The Bertz CT molecular complexity index is 1630. The van der Waals surface area contributed by atoms with Crippen LogP contribution in [0.4, 0.5) is 0 Å². The second kappa shape index (κ2) is 16.1. The van der Waals surface area contributed by atoms with Crippen LogP contribution in [0.25, 0.3) is 0 Å². The summed E-state index contributed by atoms with van der Waals surface area (Å²) in [6, 6.07) is 6.31. The van der Waals surface area contributed by atoms with Crippen molar-refractivity contribution >= 4 is 65.0 Å². The maximum atomic E-state index is 12.1. The Balaban J connectivity index is 2.17. The SMILES string of the molecule is O=C(CNC(=O)Cc1cccc(Cl)c1)NCCO[C@H]1O[C@H](COS(=O)(=O)[O-])[C@@H](OS(=O)(=O)[O-])[C@H](OS(=O)(=O)[O-])[C@@H]1OS(=O)(=O)[O-]. The Morgan fingerprint density at radius 1 is 0.800 bits per heavy atom. The first-order chi connectivity index (χ1) is 20.5. The third-order valence-electron chi connectivity index (χ3n) is 5.06. The third-order valence-corrected chi connectivity index (χ3v) is 7.09. The molecule has 1 aliphatic rings. The summed E-state index contributed by atoms with van der Waals surface area (Å²) < 4.78 is 161. The Morgan fingerprint density at radius 3 is 1.93 bits per heavy atom. The number of carbonyl (C=O) groups is 2. The van der Waals surface area contributed by atoms with Crippen molar-refractivity contribution in [3.05, 3.63) is 34.9 Å². The number of nitrogens with one attached hydrogen (secondary N) is 2. The van der Waals surface area contributed by atoms with E-state index in [1.54, 1.807) is 18.2 Å². The van der Waals surface area contributed by atoms with E-state index in [-0.39, 0.29) is 6.42 Å². The summed E-state index contributed by atoms with van der Waals surface area (Å²) in [7, 11) is -23.5. The molecule has 27 heteroatoms. The molecule has 1 aliphatic heterocycles. The maximum absolute atomic E-state index is 12.1. The molecule has 0 unspecified atom stereocenters. The van der Waals surface area contributed by atoms with Crippen molar-refractivity contribution in [3.8, 4) is 0 Å². The highest BCUT2D eigenvalue weighted by atomic mass is 35.5. The quantitative estimate of drug-likeness (QED) is 0.0867. The molecule has 0 radical (unpaired) electrons. The molecule has 1 saturated heterocycles. The molecular formula is C18H21ClN2O20S4-4. The summed E-state index contributed by atoms with van der Waals surface area (Å²) in [4.78, 5) is 24.1. The van der Waals surface area contributed by atoms with Crippen LogP contribution in [0.5, 0.6) is 0 Å². The van der Waals surface area contributed by atoms with Gasteiger partial charge in [0.15, 0.2) is 12.4 Å². The average Bonchev–Trinajstić information content (AvgIpc) is 2.84. The van der Waals surface area contributed by atoms with Crippen LogP contribution < -0.4 is 10.6 Å². The van der Waals surface area contributed by atoms with Gasteiger partial charge in [-0.2, -0.15) is 0 Å². The summed E-state index contributed by atoms with van der Waals surface area (Å²) in [5.74, 6) is -1.38. The van der Waals surface area contributed by atoms with Gasteiger partial charge in [0, 0.05) is 11.6 Å². The van der Waals surface area contributed by atoms with Gasteiger partial charge in [-0.05, 0) is 17.7 Å². The zero-order valence-corrected chi connectivity index (χ0v) is 25.9. The number of carbonyl (C=O) groups excluding carboxylic acids is 2. The molecule has 1 aromatic rings. The summed E-state index contributed by atoms with van der Waals surface area (Å²) in [5.41, 5.74) is 0.544. The summed E-state index contributed by atoms with van der Waals surface area (Å²) in [6.45, 7) is -3.38. The van der Waals surface area contributed by atoms with Crippen LogP contribution >= 0.6 is 11.6 Å². The maximum Gasteiger partial charge on any atom is 0.239 e. The number of amides is 2. The second-order valence-electron chi connectivity index (χ2n) is 8.45. The van der Waals surface area contributed by atoms with Crippen LogP contribution in [-0.4, -0.2) is 121 Å². The number of benzene rings is 1. The first-order valence-corrected chi connectivity index (χ1v) is 17.3. The number of rotatable bonds is 17. The van der Waals surface area contributed by atoms with E-state index in [1.165, 1.54) is 6.07 Å². The van der Waals surface area contributed by atoms with E-state index in [4.69, 9.17) is 21.1 Å². The smallest absolute Gasteiger partial charge is 0.239 e. The highest BCUT2D eigenvalue weighted by Crippen LogP contribution is 2.31. The average molecular weight is 749 g/mol. The van der Waals surface area contributed by atoms with Gasteiger partial charge in [0.25, 0.3) is 0 Å². The largest absolute Gasteiger partial charge is 0.726 e. The lowest BCUT2D eigenvalue weighted by molar-refractivity contribution is -0.286. The van der Waals surface area contributed by atoms with Crippen molar-refractivity contribution in [2.24, 2.45) is 0 Å². The standard InChI is InChI=1S/C18H25ClN2O20S4/c19-11-3-1-2-10(6-11)7-13(22)21-8-14(23)20-4-5-36-18-17(41-45(33,34)35)16(40-44(30,31)32)15(39-43(27,28)29)12(38-18)9-37-42(24,25)26/h1-3,6,12,15-18H,4-5,7-9H2,(H,20,23)(H,21,22)(H,24,25,26)(H,27,28,29)(H,30,31,32)(H,33,34,35)/p-4/t12-,15-,16+,17+,18+/m1/s1. The molecule has 1 aromatic carbocycles. The molecule has 0 spiro atoms. The fraction of sp³-hybridized carbons (Fsp3) is 0.556. The number of halogens is 1. The van der Waals surface area contributed by atoms with E-state index in [2.05, 4.69) is 27.4 Å². The van der Waals surface area contributed by atoms with Gasteiger partial charge in [-0.1, -0.05) is 23.7 Å². The molecular weight excluding hydrogens is 728 g/mol. The number of ether oxygens (including phenoxy) is 2. The minimum atomic E-state index is -6.00. The monoisotopic (exact) mass is 748 g/mol. The molecule has 22 nitrogen and oxygen atoms in total. The molecule has 0 aliphatic carbocycles. The lowest BCUT2D eigenvalue weighted by Crippen LogP contribution is -2.63. The van der Waals surface area contributed by atoms with Crippen LogP contribution in [0.3, 0.4) is 0 Å². The van der Waals surface area contributed by atoms with E-state index in [0.717, 1.165) is 0 Å². The molecule has 258 valence electrons. The zero-order chi connectivity index (χ0) is 34.2. The van der Waals surface area contributed by atoms with E-state index in [0.29, 0.717) is 10.6 Å². The molecule has 2 rings (SSSR count). The van der Waals surface area contributed by atoms with Gasteiger partial charge in [0.1, 0.15) is 18.3 Å². The van der Waals surface area contributed by atoms with Crippen LogP contribution in [0, 0.1) is 0 Å². The number of hydrogen-bond donors (Lipinski definition) is 2. The van der Waals surface area contributed by atoms with Crippen molar-refractivity contribution in [2.45, 2.75) is 37.1 Å². The third kappa shape index (κ3) is 15.8. The van der Waals surface area contributed by atoms with Crippen molar-refractivity contribution in [1.29, 1.82) is 0 Å². The second-order valence-corrected chi connectivity index (χ2v) is 13.0. The van der Waals surface area contributed by atoms with E-state index in [1.807, 2.05) is 0 Å². The van der Waals surface area contributed by atoms with Gasteiger partial charge in [-0.25, -0.2) is 33.7 Å². The normalized spacial score (nSPS) is 22.9. The van der Waals surface area contributed by atoms with Crippen LogP contribution in [0.2, 0.25) is 5.02 Å². The lowest BCUT2D eigenvalue weighted by atomic mass is 9.99. The molecule has 0 aromatic heterocycles. The van der Waals surface area contributed by atoms with Crippen LogP contribution in [0.1, 0.15) is 5.56 Å². The Morgan fingerprint density at radius 2 is 1.38 bits per heavy atom. The summed E-state index contributed by atoms with van der Waals surface area (Å²) in [5, 5.41) is 4.89. The summed E-state index contributed by atoms with van der Waals surface area (Å²) in [6.07, 6.45) is -13.4. The predicted octanol–water partition coefficient (Wildman–Crippen LogP) is -4.13. The summed E-state index contributed by atoms with van der Waals surface area (Å²) >= 11 is 5.83. The Labute approximate surface area is 261 Å². The van der Waals surface area contributed by atoms with Gasteiger partial charge in [0.2, 0.25) is 53.4 Å². The molecule has 1 fully saturated rings. The van der Waals surface area contributed by atoms with Gasteiger partial charge >= 0.3 is 0 Å². The Kier molecular flexibility index (Phi) is 14.0. The van der Waals surface area contributed by atoms with Gasteiger partial charge in [0.05, 0.1) is 26.2 Å². The first kappa shape index (κ1) is 39.0. The van der Waals surface area contributed by atoms with Crippen molar-refractivity contribution in [1.82, 2.24) is 10.6 Å². The van der Waals surface area contributed by atoms with E-state index < -0.39 is 110 Å². The molecule has 5 atom stereocenters. The van der Waals surface area contributed by atoms with Crippen LogP contribution in [-0.2, 0) is 83.8 Å². The van der Waals surface area contributed by atoms with E-state index >= 15 is 0 Å². The fourth-order valence-electron chi connectivity index (χ4n) is 3.54. The highest BCUT2D eigenvalue weighted by molar-refractivity contribution is 7.81. The van der Waals surface area contributed by atoms with E-state index in [9.17, 15) is 61.5 Å². The molecule has 2 N–H and O–H groups in total. The van der Waals surface area contributed by atoms with Gasteiger partial charge in [-0.15, -0.1) is 0 Å². The molecule has 1 heterocycles. The fourth-order valence-corrected chi connectivity index (χ4v) is 5.52. The molecule has 0 saturated carbocycles. The predicted molar refractivity (Wildman–Crippen MR) is 135 cm³/mol. The molecule has 45 heavy (non-hydrogen) atoms. The lowest BCUT2D eigenvalue weighted by Gasteiger charge is -2.45. The minimum absolute atomic E-state index is 0.126. The first-order valence-electron chi connectivity index (χ1n) is 11.6. The molecule has 0 bridgehead atoms. The number of hydrogen-bond acceptors (Lipinski definition) is 20. The topological polar surface area (TPSA) is 342 Å². The van der Waals surface area contributed by atoms with Crippen LogP contribution in [0.15, 0.2) is 24.3 Å². The Hall–Kier alpha value is -2.15. The van der Waals surface area contributed by atoms with Crippen molar-refractivity contribution in [2.75, 3.05) is 26.3 Å². The van der Waals surface area contributed by atoms with Crippen molar-refractivity contribution in [3.63, 3.8) is 0 Å². The van der Waals surface area contributed by atoms with Gasteiger partial charge in [-0.3, -0.25) is 26.3 Å². The minimum Gasteiger partial charge on any atom is -0.726 e. The molecule has 2 amide bonds.